The molecule has 2 aromatic heterocycles. The second-order valence-corrected chi connectivity index (χ2v) is 44.9. The lowest BCUT2D eigenvalue weighted by atomic mass is 9.36. The van der Waals surface area contributed by atoms with E-state index < -0.39 is 0 Å². The number of anilines is 12. The largest absolute Gasteiger partial charge is 0.311 e. The minimum atomic E-state index is -0.00790. The molecule has 4 heterocycles. The fourth-order valence-electron chi connectivity index (χ4n) is 18.0. The summed E-state index contributed by atoms with van der Waals surface area (Å²) in [6, 6.07) is 74.2. The molecule has 0 unspecified atom stereocenters. The van der Waals surface area contributed by atoms with Crippen molar-refractivity contribution in [1.82, 2.24) is 0 Å². The Hall–Kier alpha value is -7.97. The molecule has 0 bridgehead atoms. The van der Waals surface area contributed by atoms with E-state index in [1.165, 1.54) is 146 Å². The van der Waals surface area contributed by atoms with Gasteiger partial charge in [0, 0.05) is 98.6 Å². The molecule has 2 aliphatic heterocycles. The number of hydrogen-bond donors (Lipinski definition) is 0. The van der Waals surface area contributed by atoms with Crippen LogP contribution >= 0.6 is 45.9 Å². The van der Waals surface area contributed by atoms with E-state index in [4.69, 9.17) is 24.6 Å². The van der Waals surface area contributed by atoms with Gasteiger partial charge in [-0.2, -0.15) is 0 Å². The SMILES string of the molecule is CC(C)(C)c1ccc(N(c2ccc(C(C)(C)C)cc2)c2cc(Cl)cc(N(c3ccc(C(C)(C)C)cc3)c3csc4cc5c(cc34)C(C)(C)CCC5(C)C)c2)cc1.CC(C)(C)c1ccc(N2c3ccc(C(C)(C)C)cc3B3c4sc5cc6c(cc5c4N(c4ccc(C(C)(C)C)cc4)c4cc(Cl)cc2c43)C(C)(C)CCC6(C)C)cc1.[2H]C[B]. The van der Waals surface area contributed by atoms with Crippen LogP contribution in [0.5, 0.6) is 0 Å². The fourth-order valence-corrected chi connectivity index (χ4v) is 20.7. The van der Waals surface area contributed by atoms with E-state index in [1.807, 2.05) is 22.7 Å². The Labute approximate surface area is 712 Å². The Morgan fingerprint density at radius 2 is 0.713 bits per heavy atom. The van der Waals surface area contributed by atoms with E-state index in [-0.39, 0.29) is 67.7 Å². The first-order valence-electron chi connectivity index (χ1n) is 42.4. The molecule has 4 aliphatic rings. The van der Waals surface area contributed by atoms with Crippen molar-refractivity contribution in [1.29, 1.82) is 0 Å². The van der Waals surface area contributed by atoms with Crippen molar-refractivity contribution in [3.05, 3.63) is 265 Å². The summed E-state index contributed by atoms with van der Waals surface area (Å²) < 4.78 is 10.1. The zero-order chi connectivity index (χ0) is 84.1. The molecule has 0 N–H and O–H groups in total. The third-order valence-electron chi connectivity index (χ3n) is 25.6. The van der Waals surface area contributed by atoms with Crippen molar-refractivity contribution < 1.29 is 1.37 Å². The lowest BCUT2D eigenvalue weighted by Crippen LogP contribution is -2.60. The number of hydrogen-bond acceptors (Lipinski definition) is 6. The first kappa shape index (κ1) is 82.1. The van der Waals surface area contributed by atoms with Crippen molar-refractivity contribution in [2.45, 2.75) is 267 Å². The minimum Gasteiger partial charge on any atom is -0.311 e. The molecule has 0 atom stereocenters. The van der Waals surface area contributed by atoms with Crippen LogP contribution in [0.3, 0.4) is 0 Å². The van der Waals surface area contributed by atoms with E-state index in [9.17, 15) is 0 Å². The monoisotopic (exact) mass is 1600 g/mol. The summed E-state index contributed by atoms with van der Waals surface area (Å²) >= 11 is 18.5. The second-order valence-electron chi connectivity index (χ2n) is 42.1. The van der Waals surface area contributed by atoms with Gasteiger partial charge in [-0.3, -0.25) is 0 Å². The maximum Gasteiger partial charge on any atom is 0.264 e. The lowest BCUT2D eigenvalue weighted by molar-refractivity contribution is 0.332. The third-order valence-corrected chi connectivity index (χ3v) is 28.1. The van der Waals surface area contributed by atoms with Gasteiger partial charge in [0.2, 0.25) is 0 Å². The van der Waals surface area contributed by atoms with Crippen LogP contribution in [0.2, 0.25) is 16.8 Å². The second kappa shape index (κ2) is 29.5. The van der Waals surface area contributed by atoms with E-state index in [2.05, 4.69) is 407 Å². The molecule has 115 heavy (non-hydrogen) atoms. The van der Waals surface area contributed by atoms with E-state index in [0.29, 0.717) is 5.02 Å². The Morgan fingerprint density at radius 3 is 1.13 bits per heavy atom. The number of rotatable bonds is 8. The minimum absolute atomic E-state index is 0. The standard InChI is InChI=1S/C52H58BClN2S.C52H61ClN2S.CH3B/c1-48(2,3)31-14-19-35(20-15-31)55-41-23-18-33(50(7,8)9)26-40(41)53-45-42(55)27-34(54)28-43(45)56(36-21-16-32(17-22-36)49(4,5)6)46-37-29-38-39(30-44(37)57-47(46)53)52(12,13)25-24-51(38,10)11;1-48(2,3)34-14-20-38(21-15-34)54(39-22-16-35(17-23-39)49(4,5)6)41-28-37(53)29-42(30-41)55(40-24-18-36(19-25-40)50(7,8)9)46-33-56-47-32-45-44(31-43(46)47)51(10,11)26-27-52(45,12)13;1-2/h14-23,26-30H,24-25H2,1-13H3;14-25,28-33H,26-27H2,1-13H3;1H3/i;;1D. The topological polar surface area (TPSA) is 13.0 Å². The predicted molar refractivity (Wildman–Crippen MR) is 511 cm³/mol. The number of fused-ring (bicyclic) bond motifs is 9. The highest BCUT2D eigenvalue weighted by Crippen LogP contribution is 2.56. The van der Waals surface area contributed by atoms with Gasteiger partial charge in [-0.1, -0.05) is 283 Å². The Kier molecular flexibility index (Phi) is 21.1. The summed E-state index contributed by atoms with van der Waals surface area (Å²) in [5.41, 5.74) is 31.0. The van der Waals surface area contributed by atoms with Crippen LogP contribution in [0.4, 0.5) is 68.2 Å². The molecule has 0 saturated heterocycles. The maximum absolute atomic E-state index is 7.35. The highest BCUT2D eigenvalue weighted by molar-refractivity contribution is 7.33. The Morgan fingerprint density at radius 1 is 0.374 bits per heavy atom. The molecule has 2 radical (unpaired) electrons. The van der Waals surface area contributed by atoms with Gasteiger partial charge in [0.15, 0.2) is 0 Å². The lowest BCUT2D eigenvalue weighted by Gasteiger charge is -2.44. The molecule has 2 aliphatic carbocycles. The molecule has 0 spiro atoms. The van der Waals surface area contributed by atoms with Crippen LogP contribution in [0.15, 0.2) is 200 Å². The average molecular weight is 1600 g/mol. The molecule has 12 aromatic rings. The highest BCUT2D eigenvalue weighted by Gasteiger charge is 2.48. The van der Waals surface area contributed by atoms with Gasteiger partial charge in [-0.05, 0) is 268 Å². The molecule has 16 rings (SSSR count). The van der Waals surface area contributed by atoms with Crippen molar-refractivity contribution in [3.63, 3.8) is 0 Å². The Bertz CT molecular complexity index is 5630. The van der Waals surface area contributed by atoms with Crippen molar-refractivity contribution >= 4 is 165 Å². The van der Waals surface area contributed by atoms with Gasteiger partial charge in [-0.25, -0.2) is 0 Å². The van der Waals surface area contributed by atoms with Crippen molar-refractivity contribution in [2.75, 3.05) is 19.6 Å². The number of thiophene rings is 2. The molecular weight excluding hydrogens is 1470 g/mol. The normalized spacial score (nSPS) is 16.1. The summed E-state index contributed by atoms with van der Waals surface area (Å²) in [5, 5.41) is 6.42. The molecule has 10 heteroatoms. The first-order chi connectivity index (χ1) is 54.0. The van der Waals surface area contributed by atoms with Gasteiger partial charge in [0.1, 0.15) is 0 Å². The summed E-state index contributed by atoms with van der Waals surface area (Å²) in [5.74, 6) is 0. The van der Waals surface area contributed by atoms with Crippen LogP contribution in [0, 0.1) is 0 Å². The molecular formula is C105H122B2Cl2N4S2. The van der Waals surface area contributed by atoms with E-state index in [1.54, 1.807) is 0 Å². The predicted octanol–water partition coefficient (Wildman–Crippen LogP) is 30.8. The summed E-state index contributed by atoms with van der Waals surface area (Å²) in [6.07, 6.45) is 4.75. The van der Waals surface area contributed by atoms with E-state index >= 15 is 0 Å². The Balaban J connectivity index is 0.000000185. The fraction of sp³-hybridized carbons (Fsp3) is 0.390. The van der Waals surface area contributed by atoms with Crippen LogP contribution < -0.4 is 35.3 Å². The zero-order valence-corrected chi connectivity index (χ0v) is 76.7. The van der Waals surface area contributed by atoms with Gasteiger partial charge in [0.05, 0.1) is 19.2 Å². The van der Waals surface area contributed by atoms with Gasteiger partial charge in [-0.15, -0.1) is 22.7 Å². The van der Waals surface area contributed by atoms with Gasteiger partial charge >= 0.3 is 0 Å². The van der Waals surface area contributed by atoms with Crippen LogP contribution in [0.1, 0.15) is 263 Å². The quantitative estimate of drug-likeness (QED) is 0.141. The summed E-state index contributed by atoms with van der Waals surface area (Å²) in [6.45, 7) is 60.7. The highest BCUT2D eigenvalue weighted by atomic mass is 35.5. The summed E-state index contributed by atoms with van der Waals surface area (Å²) in [4.78, 5) is 9.83. The number of benzene rings is 10. The molecule has 0 amide bonds. The molecule has 4 nitrogen and oxygen atoms in total. The van der Waals surface area contributed by atoms with Crippen LogP contribution in [-0.2, 0) is 54.1 Å². The average Bonchev–Trinajstić information content (AvgIpc) is 1.38. The first-order valence-corrected chi connectivity index (χ1v) is 44.1. The van der Waals surface area contributed by atoms with Crippen molar-refractivity contribution in [2.24, 2.45) is 0 Å². The molecule has 10 aromatic carbocycles. The number of halogens is 2. The molecule has 0 saturated carbocycles. The third kappa shape index (κ3) is 15.7. The van der Waals surface area contributed by atoms with Crippen LogP contribution in [-0.4, -0.2) is 14.6 Å². The van der Waals surface area contributed by atoms with E-state index in [0.717, 1.165) is 44.8 Å². The zero-order valence-electron chi connectivity index (χ0n) is 74.6. The maximum atomic E-state index is 7.35. The van der Waals surface area contributed by atoms with Gasteiger partial charge in [0.25, 0.3) is 6.71 Å². The number of nitrogens with zero attached hydrogens (tertiary/aromatic N) is 4. The molecule has 0 fully saturated rings. The van der Waals surface area contributed by atoms with Gasteiger partial charge < -0.3 is 19.6 Å². The smallest absolute Gasteiger partial charge is 0.264 e. The summed E-state index contributed by atoms with van der Waals surface area (Å²) in [7, 11) is 4.51. The molecule has 594 valence electrons. The van der Waals surface area contributed by atoms with Crippen molar-refractivity contribution in [3.8, 4) is 0 Å². The van der Waals surface area contributed by atoms with Crippen LogP contribution in [0.25, 0.3) is 20.2 Å².